The second-order valence-electron chi connectivity index (χ2n) is 4.36. The van der Waals surface area contributed by atoms with Gasteiger partial charge >= 0.3 is 0 Å². The zero-order valence-electron chi connectivity index (χ0n) is 11.0. The van der Waals surface area contributed by atoms with E-state index in [2.05, 4.69) is 61.1 Å². The lowest BCUT2D eigenvalue weighted by atomic mass is 10.1. The zero-order chi connectivity index (χ0) is 12.5. The lowest BCUT2D eigenvalue weighted by molar-refractivity contribution is 0.262. The summed E-state index contributed by atoms with van der Waals surface area (Å²) in [5, 5.41) is 3.50. The van der Waals surface area contributed by atoms with Gasteiger partial charge in [0.2, 0.25) is 0 Å². The van der Waals surface area contributed by atoms with E-state index in [1.165, 1.54) is 12.0 Å². The Hall–Kier alpha value is -1.12. The lowest BCUT2D eigenvalue weighted by Gasteiger charge is -2.27. The van der Waals surface area contributed by atoms with E-state index in [0.717, 1.165) is 19.6 Å². The molecule has 0 saturated carbocycles. The molecule has 1 unspecified atom stereocenters. The van der Waals surface area contributed by atoms with Crippen molar-refractivity contribution < 1.29 is 0 Å². The van der Waals surface area contributed by atoms with Crippen LogP contribution in [0.15, 0.2) is 43.0 Å². The minimum absolute atomic E-state index is 0.417. The Morgan fingerprint density at radius 3 is 2.65 bits per heavy atom. The number of likely N-dealkylation sites (N-methyl/N-ethyl adjacent to an activating group) is 1. The first-order chi connectivity index (χ1) is 8.29. The van der Waals surface area contributed by atoms with Crippen molar-refractivity contribution in [3.05, 3.63) is 48.6 Å². The molecule has 17 heavy (non-hydrogen) atoms. The van der Waals surface area contributed by atoms with Gasteiger partial charge in [-0.1, -0.05) is 43.3 Å². The molecule has 0 amide bonds. The van der Waals surface area contributed by atoms with Crippen LogP contribution in [-0.4, -0.2) is 31.6 Å². The lowest BCUT2D eigenvalue weighted by Crippen LogP contribution is -2.33. The number of hydrogen-bond donors (Lipinski definition) is 1. The molecule has 0 aliphatic carbocycles. The molecule has 0 aromatic heterocycles. The highest BCUT2D eigenvalue weighted by Gasteiger charge is 2.14. The third kappa shape index (κ3) is 4.72. The molecular formula is C15H24N2. The Bertz CT molecular complexity index is 308. The predicted molar refractivity (Wildman–Crippen MR) is 75.2 cm³/mol. The molecule has 2 nitrogen and oxygen atoms in total. The highest BCUT2D eigenvalue weighted by molar-refractivity contribution is 5.19. The van der Waals surface area contributed by atoms with Crippen LogP contribution >= 0.6 is 0 Å². The predicted octanol–water partition coefficient (Wildman–Crippen LogP) is 2.85. The van der Waals surface area contributed by atoms with Gasteiger partial charge in [0.25, 0.3) is 0 Å². The Labute approximate surface area is 105 Å². The van der Waals surface area contributed by atoms with Gasteiger partial charge in [-0.25, -0.2) is 0 Å². The summed E-state index contributed by atoms with van der Waals surface area (Å²) < 4.78 is 0. The van der Waals surface area contributed by atoms with Crippen LogP contribution in [0.1, 0.15) is 24.9 Å². The van der Waals surface area contributed by atoms with E-state index in [-0.39, 0.29) is 0 Å². The smallest absolute Gasteiger partial charge is 0.0472 e. The van der Waals surface area contributed by atoms with Gasteiger partial charge < -0.3 is 5.32 Å². The largest absolute Gasteiger partial charge is 0.315 e. The minimum Gasteiger partial charge on any atom is -0.315 e. The summed E-state index contributed by atoms with van der Waals surface area (Å²) in [4.78, 5) is 2.32. The SMILES string of the molecule is C=CCN(C)C(CNCCC)c1ccccc1. The average molecular weight is 232 g/mol. The fourth-order valence-electron chi connectivity index (χ4n) is 1.95. The number of benzene rings is 1. The summed E-state index contributed by atoms with van der Waals surface area (Å²) in [5.74, 6) is 0. The highest BCUT2D eigenvalue weighted by Crippen LogP contribution is 2.18. The van der Waals surface area contributed by atoms with Gasteiger partial charge in [0, 0.05) is 19.1 Å². The Morgan fingerprint density at radius 1 is 1.35 bits per heavy atom. The summed E-state index contributed by atoms with van der Waals surface area (Å²) in [6.07, 6.45) is 3.13. The average Bonchev–Trinajstić information content (AvgIpc) is 2.36. The van der Waals surface area contributed by atoms with Crippen LogP contribution in [0.2, 0.25) is 0 Å². The molecule has 1 aromatic rings. The maximum Gasteiger partial charge on any atom is 0.0472 e. The maximum absolute atomic E-state index is 3.81. The number of rotatable bonds is 8. The Kier molecular flexibility index (Phi) is 6.60. The van der Waals surface area contributed by atoms with Gasteiger partial charge in [0.15, 0.2) is 0 Å². The van der Waals surface area contributed by atoms with Crippen molar-refractivity contribution in [1.29, 1.82) is 0 Å². The summed E-state index contributed by atoms with van der Waals surface area (Å²) in [7, 11) is 2.15. The summed E-state index contributed by atoms with van der Waals surface area (Å²) in [5.41, 5.74) is 1.36. The van der Waals surface area contributed by atoms with Crippen LogP contribution in [0.5, 0.6) is 0 Å². The van der Waals surface area contributed by atoms with Crippen LogP contribution in [0.3, 0.4) is 0 Å². The second kappa shape index (κ2) is 8.04. The highest BCUT2D eigenvalue weighted by atomic mass is 15.1. The molecule has 1 rings (SSSR count). The number of nitrogens with one attached hydrogen (secondary N) is 1. The maximum atomic E-state index is 3.81. The first-order valence-corrected chi connectivity index (χ1v) is 6.36. The molecule has 0 bridgehead atoms. The molecule has 1 atom stereocenters. The molecule has 94 valence electrons. The molecule has 0 fully saturated rings. The molecule has 0 heterocycles. The van der Waals surface area contributed by atoms with Crippen LogP contribution in [0.4, 0.5) is 0 Å². The summed E-state index contributed by atoms with van der Waals surface area (Å²) in [6.45, 7) is 8.98. The van der Waals surface area contributed by atoms with Crippen LogP contribution < -0.4 is 5.32 Å². The molecule has 1 N–H and O–H groups in total. The van der Waals surface area contributed by atoms with Gasteiger partial charge in [0.1, 0.15) is 0 Å². The van der Waals surface area contributed by atoms with Crippen LogP contribution in [0.25, 0.3) is 0 Å². The van der Waals surface area contributed by atoms with Crippen LogP contribution in [0, 0.1) is 0 Å². The quantitative estimate of drug-likeness (QED) is 0.547. The van der Waals surface area contributed by atoms with E-state index in [1.54, 1.807) is 0 Å². The van der Waals surface area contributed by atoms with Gasteiger partial charge in [-0.05, 0) is 25.6 Å². The topological polar surface area (TPSA) is 15.3 Å². The van der Waals surface area contributed by atoms with E-state index in [1.807, 2.05) is 6.08 Å². The van der Waals surface area contributed by atoms with Gasteiger partial charge in [0.05, 0.1) is 0 Å². The third-order valence-corrected chi connectivity index (χ3v) is 2.90. The van der Waals surface area contributed by atoms with E-state index >= 15 is 0 Å². The Morgan fingerprint density at radius 2 is 2.06 bits per heavy atom. The van der Waals surface area contributed by atoms with Crippen molar-refractivity contribution in [2.24, 2.45) is 0 Å². The number of nitrogens with zero attached hydrogens (tertiary/aromatic N) is 1. The zero-order valence-corrected chi connectivity index (χ0v) is 11.0. The van der Waals surface area contributed by atoms with E-state index < -0.39 is 0 Å². The fraction of sp³-hybridized carbons (Fsp3) is 0.467. The monoisotopic (exact) mass is 232 g/mol. The molecule has 2 heteroatoms. The Balaban J connectivity index is 2.68. The minimum atomic E-state index is 0.417. The van der Waals surface area contributed by atoms with Crippen molar-refractivity contribution in [3.63, 3.8) is 0 Å². The van der Waals surface area contributed by atoms with Crippen molar-refractivity contribution in [2.45, 2.75) is 19.4 Å². The first kappa shape index (κ1) is 13.9. The van der Waals surface area contributed by atoms with Crippen LogP contribution in [-0.2, 0) is 0 Å². The fourth-order valence-corrected chi connectivity index (χ4v) is 1.95. The molecule has 0 saturated heterocycles. The van der Waals surface area contributed by atoms with Gasteiger partial charge in [-0.3, -0.25) is 4.90 Å². The second-order valence-corrected chi connectivity index (χ2v) is 4.36. The van der Waals surface area contributed by atoms with Gasteiger partial charge in [-0.2, -0.15) is 0 Å². The van der Waals surface area contributed by atoms with E-state index in [4.69, 9.17) is 0 Å². The third-order valence-electron chi connectivity index (χ3n) is 2.90. The normalized spacial score (nSPS) is 12.6. The van der Waals surface area contributed by atoms with E-state index in [9.17, 15) is 0 Å². The molecule has 0 radical (unpaired) electrons. The summed E-state index contributed by atoms with van der Waals surface area (Å²) >= 11 is 0. The molecule has 0 aliphatic rings. The van der Waals surface area contributed by atoms with Crippen molar-refractivity contribution >= 4 is 0 Å². The van der Waals surface area contributed by atoms with Crippen molar-refractivity contribution in [1.82, 2.24) is 10.2 Å². The first-order valence-electron chi connectivity index (χ1n) is 6.36. The van der Waals surface area contributed by atoms with Crippen molar-refractivity contribution in [3.8, 4) is 0 Å². The standard InChI is InChI=1S/C15H24N2/c1-4-11-16-13-15(17(3)12-5-2)14-9-7-6-8-10-14/h5-10,15-16H,2,4,11-13H2,1,3H3. The molecule has 0 aliphatic heterocycles. The number of hydrogen-bond acceptors (Lipinski definition) is 2. The summed E-state index contributed by atoms with van der Waals surface area (Å²) in [6, 6.07) is 11.1. The molecule has 1 aromatic carbocycles. The van der Waals surface area contributed by atoms with Crippen molar-refractivity contribution in [2.75, 3.05) is 26.7 Å². The molecular weight excluding hydrogens is 208 g/mol. The van der Waals surface area contributed by atoms with Gasteiger partial charge in [-0.15, -0.1) is 6.58 Å². The van der Waals surface area contributed by atoms with E-state index in [0.29, 0.717) is 6.04 Å². The molecule has 0 spiro atoms.